The van der Waals surface area contributed by atoms with Crippen molar-refractivity contribution >= 4 is 17.1 Å². The molecule has 108 valence electrons. The first-order valence-corrected chi connectivity index (χ1v) is 7.11. The highest BCUT2D eigenvalue weighted by Crippen LogP contribution is 2.27. The highest BCUT2D eigenvalue weighted by molar-refractivity contribution is 6.31. The molecule has 0 aliphatic carbocycles. The maximum atomic E-state index is 13.6. The van der Waals surface area contributed by atoms with Crippen molar-refractivity contribution in [3.8, 4) is 0 Å². The van der Waals surface area contributed by atoms with Gasteiger partial charge in [0.05, 0.1) is 16.7 Å². The average molecular weight is 304 g/mol. The molecule has 1 N–H and O–H groups in total. The first kappa shape index (κ1) is 14.0. The highest BCUT2D eigenvalue weighted by Gasteiger charge is 2.17. The third-order valence-corrected chi connectivity index (χ3v) is 4.06. The molecule has 3 nitrogen and oxygen atoms in total. The number of benzene rings is 1. The largest absolute Gasteiger partial charge is 0.313 e. The van der Waals surface area contributed by atoms with Gasteiger partial charge in [-0.25, -0.2) is 8.91 Å². The number of aromatic nitrogens is 2. The number of likely N-dealkylation sites (N-methyl/N-ethyl adjacent to an activating group) is 1. The van der Waals surface area contributed by atoms with E-state index in [0.717, 1.165) is 16.6 Å². The van der Waals surface area contributed by atoms with Gasteiger partial charge in [-0.3, -0.25) is 0 Å². The van der Waals surface area contributed by atoms with Gasteiger partial charge in [0.1, 0.15) is 5.82 Å². The molecule has 1 unspecified atom stereocenters. The van der Waals surface area contributed by atoms with Gasteiger partial charge in [0.25, 0.3) is 0 Å². The summed E-state index contributed by atoms with van der Waals surface area (Å²) in [5, 5.41) is 7.79. The minimum absolute atomic E-state index is 0.0178. The molecule has 0 saturated carbocycles. The summed E-state index contributed by atoms with van der Waals surface area (Å²) < 4.78 is 15.4. The van der Waals surface area contributed by atoms with Gasteiger partial charge in [-0.15, -0.1) is 0 Å². The molecule has 3 aromatic rings. The van der Waals surface area contributed by atoms with Crippen LogP contribution in [-0.2, 0) is 6.42 Å². The second-order valence-electron chi connectivity index (χ2n) is 4.89. The quantitative estimate of drug-likeness (QED) is 0.797. The molecule has 0 saturated heterocycles. The Balaban J connectivity index is 1.97. The van der Waals surface area contributed by atoms with Gasteiger partial charge in [-0.05, 0) is 37.2 Å². The molecule has 0 aliphatic rings. The molecule has 21 heavy (non-hydrogen) atoms. The van der Waals surface area contributed by atoms with Crippen LogP contribution in [0.2, 0.25) is 5.02 Å². The minimum Gasteiger partial charge on any atom is -0.313 e. The van der Waals surface area contributed by atoms with Gasteiger partial charge in [0, 0.05) is 17.8 Å². The first-order valence-electron chi connectivity index (χ1n) is 6.73. The fourth-order valence-electron chi connectivity index (χ4n) is 2.52. The van der Waals surface area contributed by atoms with Crippen LogP contribution in [0.3, 0.4) is 0 Å². The minimum atomic E-state index is -0.385. The van der Waals surface area contributed by atoms with Gasteiger partial charge in [0.15, 0.2) is 0 Å². The van der Waals surface area contributed by atoms with Gasteiger partial charge in [-0.1, -0.05) is 29.8 Å². The SMILES string of the molecule is CNC(Cc1cccc(F)c1Cl)c1cnn2ccccc12. The Morgan fingerprint density at radius 2 is 2.14 bits per heavy atom. The van der Waals surface area contributed by atoms with E-state index in [9.17, 15) is 4.39 Å². The molecule has 0 amide bonds. The van der Waals surface area contributed by atoms with E-state index in [0.29, 0.717) is 6.42 Å². The molecule has 2 aromatic heterocycles. The molecule has 0 radical (unpaired) electrons. The number of hydrogen-bond acceptors (Lipinski definition) is 2. The van der Waals surface area contributed by atoms with Gasteiger partial charge >= 0.3 is 0 Å². The predicted molar refractivity (Wildman–Crippen MR) is 82.1 cm³/mol. The van der Waals surface area contributed by atoms with E-state index >= 15 is 0 Å². The number of nitrogens with zero attached hydrogens (tertiary/aromatic N) is 2. The molecule has 0 spiro atoms. The van der Waals surface area contributed by atoms with E-state index in [4.69, 9.17) is 11.6 Å². The zero-order valence-corrected chi connectivity index (χ0v) is 12.3. The van der Waals surface area contributed by atoms with Crippen LogP contribution in [0.15, 0.2) is 48.8 Å². The fourth-order valence-corrected chi connectivity index (χ4v) is 2.72. The van der Waals surface area contributed by atoms with Crippen LogP contribution >= 0.6 is 11.6 Å². The summed E-state index contributed by atoms with van der Waals surface area (Å²) in [6.45, 7) is 0. The molecule has 1 atom stereocenters. The average Bonchev–Trinajstić information content (AvgIpc) is 2.93. The Morgan fingerprint density at radius 1 is 1.29 bits per heavy atom. The predicted octanol–water partition coefficient (Wildman–Crippen LogP) is 3.63. The zero-order chi connectivity index (χ0) is 14.8. The van der Waals surface area contributed by atoms with Crippen molar-refractivity contribution in [2.45, 2.75) is 12.5 Å². The normalized spacial score (nSPS) is 12.7. The van der Waals surface area contributed by atoms with Crippen molar-refractivity contribution in [2.24, 2.45) is 0 Å². The first-order chi connectivity index (χ1) is 10.2. The molecular formula is C16H15ClFN3. The topological polar surface area (TPSA) is 29.3 Å². The number of fused-ring (bicyclic) bond motifs is 1. The van der Waals surface area contributed by atoms with E-state index < -0.39 is 0 Å². The van der Waals surface area contributed by atoms with Crippen LogP contribution in [0.25, 0.3) is 5.52 Å². The smallest absolute Gasteiger partial charge is 0.142 e. The lowest BCUT2D eigenvalue weighted by molar-refractivity contribution is 0.587. The number of nitrogens with one attached hydrogen (secondary N) is 1. The van der Waals surface area contributed by atoms with Crippen LogP contribution in [0.1, 0.15) is 17.2 Å². The second-order valence-corrected chi connectivity index (χ2v) is 5.27. The lowest BCUT2D eigenvalue weighted by Gasteiger charge is -2.16. The van der Waals surface area contributed by atoms with E-state index in [-0.39, 0.29) is 16.9 Å². The third kappa shape index (κ3) is 2.64. The van der Waals surface area contributed by atoms with Crippen molar-refractivity contribution in [1.29, 1.82) is 0 Å². The maximum absolute atomic E-state index is 13.6. The Labute approximate surface area is 127 Å². The molecule has 0 bridgehead atoms. The Bertz CT molecular complexity index is 769. The highest BCUT2D eigenvalue weighted by atomic mass is 35.5. The van der Waals surface area contributed by atoms with E-state index in [2.05, 4.69) is 10.4 Å². The zero-order valence-electron chi connectivity index (χ0n) is 11.6. The standard InChI is InChI=1S/C16H15ClFN3/c1-19-14(9-11-5-4-6-13(18)16(11)17)12-10-20-21-8-3-2-7-15(12)21/h2-8,10,14,19H,9H2,1H3. The summed E-state index contributed by atoms with van der Waals surface area (Å²) in [5.41, 5.74) is 2.88. The summed E-state index contributed by atoms with van der Waals surface area (Å²) in [4.78, 5) is 0. The summed E-state index contributed by atoms with van der Waals surface area (Å²) >= 11 is 6.05. The second kappa shape index (κ2) is 5.84. The monoisotopic (exact) mass is 303 g/mol. The Morgan fingerprint density at radius 3 is 2.95 bits per heavy atom. The lowest BCUT2D eigenvalue weighted by Crippen LogP contribution is -2.19. The molecule has 1 aromatic carbocycles. The molecule has 2 heterocycles. The van der Waals surface area contributed by atoms with Crippen molar-refractivity contribution in [2.75, 3.05) is 7.05 Å². The molecule has 5 heteroatoms. The Kier molecular flexibility index (Phi) is 3.90. The van der Waals surface area contributed by atoms with Crippen molar-refractivity contribution in [1.82, 2.24) is 14.9 Å². The van der Waals surface area contributed by atoms with Gasteiger partial charge in [0.2, 0.25) is 0 Å². The van der Waals surface area contributed by atoms with Crippen LogP contribution < -0.4 is 5.32 Å². The van der Waals surface area contributed by atoms with Gasteiger partial charge < -0.3 is 5.32 Å². The summed E-state index contributed by atoms with van der Waals surface area (Å²) in [5.74, 6) is -0.385. The number of pyridine rings is 1. The van der Waals surface area contributed by atoms with Gasteiger partial charge in [-0.2, -0.15) is 5.10 Å². The van der Waals surface area contributed by atoms with E-state index in [1.54, 1.807) is 6.07 Å². The van der Waals surface area contributed by atoms with Crippen LogP contribution in [-0.4, -0.2) is 16.7 Å². The van der Waals surface area contributed by atoms with E-state index in [1.165, 1.54) is 6.07 Å². The molecular weight excluding hydrogens is 289 g/mol. The molecule has 0 fully saturated rings. The van der Waals surface area contributed by atoms with Crippen LogP contribution in [0, 0.1) is 5.82 Å². The summed E-state index contributed by atoms with van der Waals surface area (Å²) in [6.07, 6.45) is 4.34. The van der Waals surface area contributed by atoms with Crippen LogP contribution in [0.5, 0.6) is 0 Å². The van der Waals surface area contributed by atoms with E-state index in [1.807, 2.05) is 48.2 Å². The molecule has 3 rings (SSSR count). The maximum Gasteiger partial charge on any atom is 0.142 e. The summed E-state index contributed by atoms with van der Waals surface area (Å²) in [6, 6.07) is 10.8. The lowest BCUT2D eigenvalue weighted by atomic mass is 10.00. The summed E-state index contributed by atoms with van der Waals surface area (Å²) in [7, 11) is 1.88. The number of rotatable bonds is 4. The third-order valence-electron chi connectivity index (χ3n) is 3.64. The van der Waals surface area contributed by atoms with Crippen molar-refractivity contribution < 1.29 is 4.39 Å². The molecule has 0 aliphatic heterocycles. The number of halogens is 2. The van der Waals surface area contributed by atoms with Crippen molar-refractivity contribution in [3.05, 3.63) is 70.8 Å². The fraction of sp³-hybridized carbons (Fsp3) is 0.188. The van der Waals surface area contributed by atoms with Crippen LogP contribution in [0.4, 0.5) is 4.39 Å². The number of hydrogen-bond donors (Lipinski definition) is 1. The van der Waals surface area contributed by atoms with Crippen molar-refractivity contribution in [3.63, 3.8) is 0 Å². The Hall–Kier alpha value is -1.91.